The van der Waals surface area contributed by atoms with Crippen LogP contribution in [0.3, 0.4) is 0 Å². The number of alkyl halides is 1. The Labute approximate surface area is 99.6 Å². The van der Waals surface area contributed by atoms with E-state index in [1.165, 1.54) is 19.3 Å². The van der Waals surface area contributed by atoms with Crippen LogP contribution in [0.25, 0.3) is 0 Å². The van der Waals surface area contributed by atoms with Crippen LogP contribution in [-0.2, 0) is 0 Å². The van der Waals surface area contributed by atoms with Gasteiger partial charge in [-0.2, -0.15) is 0 Å². The first-order valence-corrected chi connectivity index (χ1v) is 6.78. The molecule has 1 aliphatic rings. The van der Waals surface area contributed by atoms with Crippen LogP contribution in [0.4, 0.5) is 4.39 Å². The molecule has 0 bridgehead atoms. The second-order valence-electron chi connectivity index (χ2n) is 4.82. The summed E-state index contributed by atoms with van der Waals surface area (Å²) >= 11 is 0. The highest BCUT2D eigenvalue weighted by atomic mass is 19.1. The van der Waals surface area contributed by atoms with Crippen molar-refractivity contribution >= 4 is 0 Å². The van der Waals surface area contributed by atoms with Crippen LogP contribution < -0.4 is 5.32 Å². The Morgan fingerprint density at radius 3 is 2.44 bits per heavy atom. The molecule has 0 saturated heterocycles. The third kappa shape index (κ3) is 3.70. The summed E-state index contributed by atoms with van der Waals surface area (Å²) in [5.41, 5.74) is 0. The average molecular weight is 230 g/mol. The number of halogens is 1. The highest BCUT2D eigenvalue weighted by Crippen LogP contribution is 2.25. The van der Waals surface area contributed by atoms with Crippen LogP contribution in [0.2, 0.25) is 0 Å². The van der Waals surface area contributed by atoms with Gasteiger partial charge in [0.05, 0.1) is 0 Å². The number of rotatable bonds is 8. The summed E-state index contributed by atoms with van der Waals surface area (Å²) in [6, 6.07) is 0.807. The monoisotopic (exact) mass is 230 g/mol. The molecule has 2 unspecified atom stereocenters. The van der Waals surface area contributed by atoms with E-state index < -0.39 is 6.17 Å². The molecule has 0 radical (unpaired) electrons. The molecule has 3 heteroatoms. The molecule has 1 rings (SSSR count). The standard InChI is InChI=1S/C13H27FN2/c1-4-12(14)13(15-3)9-10-16(5-2)11-7-6-8-11/h11-13,15H,4-10H2,1-3H3. The topological polar surface area (TPSA) is 15.3 Å². The zero-order valence-corrected chi connectivity index (χ0v) is 11.0. The Hall–Kier alpha value is -0.150. The first-order chi connectivity index (χ1) is 7.72. The van der Waals surface area contributed by atoms with Crippen molar-refractivity contribution in [2.24, 2.45) is 0 Å². The quantitative estimate of drug-likeness (QED) is 0.689. The van der Waals surface area contributed by atoms with E-state index in [-0.39, 0.29) is 6.04 Å². The first-order valence-electron chi connectivity index (χ1n) is 6.78. The summed E-state index contributed by atoms with van der Waals surface area (Å²) in [5.74, 6) is 0. The first kappa shape index (κ1) is 13.9. The molecule has 0 aromatic rings. The van der Waals surface area contributed by atoms with Crippen molar-refractivity contribution in [3.05, 3.63) is 0 Å². The van der Waals surface area contributed by atoms with Gasteiger partial charge < -0.3 is 10.2 Å². The summed E-state index contributed by atoms with van der Waals surface area (Å²) in [4.78, 5) is 2.51. The van der Waals surface area contributed by atoms with Gasteiger partial charge in [0, 0.05) is 12.1 Å². The maximum atomic E-state index is 13.6. The van der Waals surface area contributed by atoms with Crippen LogP contribution >= 0.6 is 0 Å². The number of hydrogen-bond acceptors (Lipinski definition) is 2. The molecule has 16 heavy (non-hydrogen) atoms. The maximum Gasteiger partial charge on any atom is 0.115 e. The largest absolute Gasteiger partial charge is 0.314 e. The SMILES string of the molecule is CCC(F)C(CCN(CC)C1CCC1)NC. The smallest absolute Gasteiger partial charge is 0.115 e. The lowest BCUT2D eigenvalue weighted by Gasteiger charge is -2.37. The predicted molar refractivity (Wildman–Crippen MR) is 67.5 cm³/mol. The van der Waals surface area contributed by atoms with E-state index in [9.17, 15) is 4.39 Å². The number of hydrogen-bond donors (Lipinski definition) is 1. The lowest BCUT2D eigenvalue weighted by molar-refractivity contribution is 0.120. The Morgan fingerprint density at radius 1 is 1.38 bits per heavy atom. The molecule has 0 spiro atoms. The van der Waals surface area contributed by atoms with Crippen LogP contribution in [0.1, 0.15) is 46.0 Å². The molecular formula is C13H27FN2. The van der Waals surface area contributed by atoms with E-state index in [2.05, 4.69) is 17.1 Å². The van der Waals surface area contributed by atoms with E-state index in [0.29, 0.717) is 6.42 Å². The second kappa shape index (κ2) is 7.23. The molecule has 0 aromatic carbocycles. The van der Waals surface area contributed by atoms with Gasteiger partial charge in [0.15, 0.2) is 0 Å². The third-order valence-corrected chi connectivity index (χ3v) is 3.92. The maximum absolute atomic E-state index is 13.6. The van der Waals surface area contributed by atoms with Gasteiger partial charge in [-0.05, 0) is 45.8 Å². The van der Waals surface area contributed by atoms with Crippen molar-refractivity contribution in [2.45, 2.75) is 64.2 Å². The van der Waals surface area contributed by atoms with Gasteiger partial charge >= 0.3 is 0 Å². The second-order valence-corrected chi connectivity index (χ2v) is 4.82. The van der Waals surface area contributed by atoms with E-state index >= 15 is 0 Å². The van der Waals surface area contributed by atoms with Crippen molar-refractivity contribution < 1.29 is 4.39 Å². The molecule has 0 aromatic heterocycles. The summed E-state index contributed by atoms with van der Waals surface area (Å²) in [7, 11) is 1.87. The molecule has 0 amide bonds. The van der Waals surface area contributed by atoms with Crippen molar-refractivity contribution in [1.29, 1.82) is 0 Å². The molecule has 1 N–H and O–H groups in total. The molecule has 2 atom stereocenters. The van der Waals surface area contributed by atoms with Crippen molar-refractivity contribution in [2.75, 3.05) is 20.1 Å². The molecule has 1 fully saturated rings. The van der Waals surface area contributed by atoms with Gasteiger partial charge in [0.1, 0.15) is 6.17 Å². The van der Waals surface area contributed by atoms with Crippen molar-refractivity contribution in [3.63, 3.8) is 0 Å². The lowest BCUT2D eigenvalue weighted by atomic mass is 9.91. The van der Waals surface area contributed by atoms with Crippen molar-refractivity contribution in [3.8, 4) is 0 Å². The van der Waals surface area contributed by atoms with Crippen LogP contribution in [0.15, 0.2) is 0 Å². The normalized spacial score (nSPS) is 20.8. The van der Waals surface area contributed by atoms with Gasteiger partial charge in [0.25, 0.3) is 0 Å². The molecule has 96 valence electrons. The third-order valence-electron chi connectivity index (χ3n) is 3.92. The Bertz CT molecular complexity index is 170. The number of nitrogens with zero attached hydrogens (tertiary/aromatic N) is 1. The van der Waals surface area contributed by atoms with Gasteiger partial charge in [0.2, 0.25) is 0 Å². The fourth-order valence-corrected chi connectivity index (χ4v) is 2.45. The molecular weight excluding hydrogens is 203 g/mol. The Morgan fingerprint density at radius 2 is 2.06 bits per heavy atom. The predicted octanol–water partition coefficient (Wildman–Crippen LogP) is 2.59. The minimum absolute atomic E-state index is 0.0270. The van der Waals surface area contributed by atoms with Crippen molar-refractivity contribution in [1.82, 2.24) is 10.2 Å². The van der Waals surface area contributed by atoms with E-state index in [0.717, 1.165) is 25.6 Å². The minimum Gasteiger partial charge on any atom is -0.314 e. The van der Waals surface area contributed by atoms with Crippen LogP contribution in [0, 0.1) is 0 Å². The minimum atomic E-state index is -0.704. The Balaban J connectivity index is 2.28. The fourth-order valence-electron chi connectivity index (χ4n) is 2.45. The van der Waals surface area contributed by atoms with Gasteiger partial charge in [-0.3, -0.25) is 0 Å². The van der Waals surface area contributed by atoms with Crippen LogP contribution in [0.5, 0.6) is 0 Å². The van der Waals surface area contributed by atoms with Gasteiger partial charge in [-0.15, -0.1) is 0 Å². The van der Waals surface area contributed by atoms with Gasteiger partial charge in [-0.25, -0.2) is 4.39 Å². The molecule has 1 aliphatic carbocycles. The summed E-state index contributed by atoms with van der Waals surface area (Å²) in [5, 5.41) is 3.11. The molecule has 0 aliphatic heterocycles. The average Bonchev–Trinajstić information content (AvgIpc) is 2.25. The Kier molecular flexibility index (Phi) is 6.29. The molecule has 0 heterocycles. The van der Waals surface area contributed by atoms with E-state index in [1.807, 2.05) is 14.0 Å². The zero-order chi connectivity index (χ0) is 12.0. The zero-order valence-electron chi connectivity index (χ0n) is 11.0. The highest BCUT2D eigenvalue weighted by Gasteiger charge is 2.25. The summed E-state index contributed by atoms with van der Waals surface area (Å²) < 4.78 is 13.6. The van der Waals surface area contributed by atoms with E-state index in [4.69, 9.17) is 0 Å². The van der Waals surface area contributed by atoms with Crippen LogP contribution in [-0.4, -0.2) is 43.3 Å². The number of nitrogens with one attached hydrogen (secondary N) is 1. The highest BCUT2D eigenvalue weighted by molar-refractivity contribution is 4.82. The van der Waals surface area contributed by atoms with E-state index in [1.54, 1.807) is 0 Å². The molecule has 1 saturated carbocycles. The fraction of sp³-hybridized carbons (Fsp3) is 1.00. The molecule has 2 nitrogen and oxygen atoms in total. The summed E-state index contributed by atoms with van der Waals surface area (Å²) in [6.07, 6.45) is 4.88. The van der Waals surface area contributed by atoms with Gasteiger partial charge in [-0.1, -0.05) is 20.3 Å². The lowest BCUT2D eigenvalue weighted by Crippen LogP contribution is -2.44. The summed E-state index contributed by atoms with van der Waals surface area (Å²) in [6.45, 7) is 6.26.